The van der Waals surface area contributed by atoms with Gasteiger partial charge in [0.25, 0.3) is 11.8 Å². The van der Waals surface area contributed by atoms with Gasteiger partial charge in [0.05, 0.1) is 29.8 Å². The third-order valence-electron chi connectivity index (χ3n) is 9.20. The molecule has 0 bridgehead atoms. The average molecular weight is 650 g/mol. The number of hydrogen-bond acceptors (Lipinski definition) is 5. The number of aryl methyl sites for hydroxylation is 1. The molecular formula is C39H47N5O4. The Morgan fingerprint density at radius 2 is 1.60 bits per heavy atom. The average Bonchev–Trinajstić information content (AvgIpc) is 3.51. The van der Waals surface area contributed by atoms with Gasteiger partial charge < -0.3 is 20.2 Å². The number of aromatic nitrogens is 2. The second-order valence-electron chi connectivity index (χ2n) is 12.7. The Labute approximate surface area is 283 Å². The van der Waals surface area contributed by atoms with Gasteiger partial charge in [-0.15, -0.1) is 0 Å². The van der Waals surface area contributed by atoms with E-state index >= 15 is 0 Å². The summed E-state index contributed by atoms with van der Waals surface area (Å²) in [5.41, 5.74) is 5.34. The maximum atomic E-state index is 14.5. The van der Waals surface area contributed by atoms with Crippen LogP contribution in [0.15, 0.2) is 78.9 Å². The highest BCUT2D eigenvalue weighted by Gasteiger charge is 2.32. The molecule has 0 saturated heterocycles. The Morgan fingerprint density at radius 3 is 2.27 bits per heavy atom. The van der Waals surface area contributed by atoms with Gasteiger partial charge in [0, 0.05) is 31.0 Å². The van der Waals surface area contributed by atoms with Crippen LogP contribution in [0.25, 0.3) is 5.69 Å². The molecule has 1 aliphatic rings. The number of fused-ring (bicyclic) bond motifs is 1. The molecule has 9 nitrogen and oxygen atoms in total. The van der Waals surface area contributed by atoms with Crippen molar-refractivity contribution in [1.82, 2.24) is 19.6 Å². The predicted octanol–water partition coefficient (Wildman–Crippen LogP) is 6.52. The minimum Gasteiger partial charge on any atom is -0.394 e. The number of aliphatic hydroxyl groups excluding tert-OH is 1. The van der Waals surface area contributed by atoms with E-state index in [1.54, 1.807) is 33.8 Å². The first kappa shape index (κ1) is 34.6. The second-order valence-corrected chi connectivity index (χ2v) is 12.7. The van der Waals surface area contributed by atoms with Crippen molar-refractivity contribution in [3.63, 3.8) is 0 Å². The molecule has 252 valence electrons. The molecule has 0 saturated carbocycles. The number of nitrogens with zero attached hydrogens (tertiary/aromatic N) is 4. The minimum absolute atomic E-state index is 0.126. The summed E-state index contributed by atoms with van der Waals surface area (Å²) in [5.74, 6) is -1.03. The number of nitrogens with one attached hydrogen (secondary N) is 1. The normalized spacial score (nSPS) is 14.7. The van der Waals surface area contributed by atoms with Crippen LogP contribution in [0.2, 0.25) is 0 Å². The van der Waals surface area contributed by atoms with Crippen molar-refractivity contribution in [3.05, 3.63) is 113 Å². The van der Waals surface area contributed by atoms with Gasteiger partial charge in [-0.2, -0.15) is 5.10 Å². The number of aliphatic hydroxyl groups is 1. The molecule has 9 heteroatoms. The monoisotopic (exact) mass is 649 g/mol. The summed E-state index contributed by atoms with van der Waals surface area (Å²) in [6.07, 6.45) is 4.32. The van der Waals surface area contributed by atoms with Crippen LogP contribution in [0.3, 0.4) is 0 Å². The molecule has 0 spiro atoms. The smallest absolute Gasteiger partial charge is 0.274 e. The van der Waals surface area contributed by atoms with E-state index in [1.807, 2.05) is 73.3 Å². The fourth-order valence-corrected chi connectivity index (χ4v) is 6.25. The van der Waals surface area contributed by atoms with Gasteiger partial charge in [0.15, 0.2) is 5.69 Å². The van der Waals surface area contributed by atoms with E-state index in [4.69, 9.17) is 5.10 Å². The lowest BCUT2D eigenvalue weighted by Crippen LogP contribution is -2.46. The van der Waals surface area contributed by atoms with E-state index in [9.17, 15) is 19.5 Å². The fraction of sp³-hybridized carbons (Fsp3) is 0.385. The third kappa shape index (κ3) is 7.68. The highest BCUT2D eigenvalue weighted by Crippen LogP contribution is 2.29. The predicted molar refractivity (Wildman–Crippen MR) is 188 cm³/mol. The third-order valence-corrected chi connectivity index (χ3v) is 9.20. The summed E-state index contributed by atoms with van der Waals surface area (Å²) < 4.78 is 1.64. The SMILES string of the molecule is CCCCN(CCCC)C(=O)c1cc(C)n(-c2ccc(NC(=O)[C@H](C)c3ccccc3)cc2C(=O)N2Cc3ccccc3C[C@H]2CO)n1. The first-order chi connectivity index (χ1) is 23.2. The molecule has 3 aromatic carbocycles. The molecule has 48 heavy (non-hydrogen) atoms. The Hall–Kier alpha value is -4.76. The number of rotatable bonds is 13. The van der Waals surface area contributed by atoms with Gasteiger partial charge in [-0.05, 0) is 74.1 Å². The zero-order valence-electron chi connectivity index (χ0n) is 28.5. The van der Waals surface area contributed by atoms with Crippen molar-refractivity contribution in [2.75, 3.05) is 25.0 Å². The molecule has 5 rings (SSSR count). The van der Waals surface area contributed by atoms with Crippen molar-refractivity contribution in [1.29, 1.82) is 0 Å². The number of carbonyl (C=O) groups is 3. The molecule has 2 N–H and O–H groups in total. The van der Waals surface area contributed by atoms with Crippen LogP contribution in [0.5, 0.6) is 0 Å². The van der Waals surface area contributed by atoms with Crippen molar-refractivity contribution in [2.24, 2.45) is 0 Å². The van der Waals surface area contributed by atoms with Crippen LogP contribution in [0.1, 0.15) is 95.6 Å². The molecule has 3 amide bonds. The zero-order chi connectivity index (χ0) is 34.2. The number of carbonyl (C=O) groups excluding carboxylic acids is 3. The Morgan fingerprint density at radius 1 is 0.938 bits per heavy atom. The summed E-state index contributed by atoms with van der Waals surface area (Å²) in [5, 5.41) is 18.1. The highest BCUT2D eigenvalue weighted by molar-refractivity contribution is 6.01. The van der Waals surface area contributed by atoms with E-state index in [0.29, 0.717) is 54.4 Å². The van der Waals surface area contributed by atoms with Crippen molar-refractivity contribution in [3.8, 4) is 5.69 Å². The Balaban J connectivity index is 1.53. The van der Waals surface area contributed by atoms with E-state index in [-0.39, 0.29) is 24.3 Å². The van der Waals surface area contributed by atoms with Gasteiger partial charge in [-0.25, -0.2) is 4.68 Å². The summed E-state index contributed by atoms with van der Waals surface area (Å²) in [4.78, 5) is 45.1. The van der Waals surface area contributed by atoms with Crippen LogP contribution >= 0.6 is 0 Å². The van der Waals surface area contributed by atoms with Gasteiger partial charge in [0.1, 0.15) is 0 Å². The van der Waals surface area contributed by atoms with Crippen molar-refractivity contribution < 1.29 is 19.5 Å². The van der Waals surface area contributed by atoms with Gasteiger partial charge in [-0.1, -0.05) is 81.3 Å². The molecule has 1 aromatic heterocycles. The van der Waals surface area contributed by atoms with Crippen LogP contribution in [0.4, 0.5) is 5.69 Å². The van der Waals surface area contributed by atoms with Gasteiger partial charge >= 0.3 is 0 Å². The maximum absolute atomic E-state index is 14.5. The molecule has 0 aliphatic carbocycles. The Bertz CT molecular complexity index is 1730. The quantitative estimate of drug-likeness (QED) is 0.171. The van der Waals surface area contributed by atoms with Gasteiger partial charge in [-0.3, -0.25) is 14.4 Å². The molecule has 2 heterocycles. The van der Waals surface area contributed by atoms with Gasteiger partial charge in [0.2, 0.25) is 5.91 Å². The molecule has 1 aliphatic heterocycles. The lowest BCUT2D eigenvalue weighted by molar-refractivity contribution is -0.117. The number of anilines is 1. The topological polar surface area (TPSA) is 108 Å². The standard InChI is InChI=1S/C39H47N5O4/c1-5-7-20-42(21-8-6-2)39(48)35-22-27(3)44(41-35)36-19-18-32(40-37(46)28(4)29-14-10-9-11-15-29)24-34(36)38(47)43-25-31-17-13-12-16-30(31)23-33(43)26-45/h9-19,22,24,28,33,45H,5-8,20-21,23,25-26H2,1-4H3,(H,40,46)/t28-,33+/m1/s1. The van der Waals surface area contributed by atoms with E-state index in [2.05, 4.69) is 19.2 Å². The molecule has 2 atom stereocenters. The van der Waals surface area contributed by atoms with Crippen LogP contribution < -0.4 is 5.32 Å². The second kappa shape index (κ2) is 15.9. The summed E-state index contributed by atoms with van der Waals surface area (Å²) in [6.45, 7) is 9.41. The molecule has 4 aromatic rings. The van der Waals surface area contributed by atoms with E-state index in [0.717, 1.165) is 42.4 Å². The van der Waals surface area contributed by atoms with Crippen LogP contribution in [-0.4, -0.2) is 68.1 Å². The number of unbranched alkanes of at least 4 members (excludes halogenated alkanes) is 2. The molecule has 0 fully saturated rings. The molecular weight excluding hydrogens is 602 g/mol. The largest absolute Gasteiger partial charge is 0.394 e. The number of amides is 3. The van der Waals surface area contributed by atoms with Crippen LogP contribution in [0, 0.1) is 6.92 Å². The lowest BCUT2D eigenvalue weighted by atomic mass is 9.93. The van der Waals surface area contributed by atoms with E-state index in [1.165, 1.54) is 0 Å². The van der Waals surface area contributed by atoms with Crippen molar-refractivity contribution >= 4 is 23.4 Å². The summed E-state index contributed by atoms with van der Waals surface area (Å²) >= 11 is 0. The summed E-state index contributed by atoms with van der Waals surface area (Å²) in [7, 11) is 0. The zero-order valence-corrected chi connectivity index (χ0v) is 28.5. The first-order valence-electron chi connectivity index (χ1n) is 17.1. The van der Waals surface area contributed by atoms with Crippen LogP contribution in [-0.2, 0) is 17.8 Å². The number of hydrogen-bond donors (Lipinski definition) is 2. The maximum Gasteiger partial charge on any atom is 0.274 e. The summed E-state index contributed by atoms with van der Waals surface area (Å²) in [6, 6.07) is 24.0. The minimum atomic E-state index is -0.418. The number of benzene rings is 3. The Kier molecular flexibility index (Phi) is 11.4. The molecule has 0 radical (unpaired) electrons. The van der Waals surface area contributed by atoms with Crippen molar-refractivity contribution in [2.45, 2.75) is 78.3 Å². The first-order valence-corrected chi connectivity index (χ1v) is 17.1. The fourth-order valence-electron chi connectivity index (χ4n) is 6.25. The highest BCUT2D eigenvalue weighted by atomic mass is 16.3. The lowest BCUT2D eigenvalue weighted by Gasteiger charge is -2.36. The molecule has 0 unspecified atom stereocenters. The van der Waals surface area contributed by atoms with E-state index < -0.39 is 12.0 Å².